The second kappa shape index (κ2) is 23.5. The summed E-state index contributed by atoms with van der Waals surface area (Å²) in [5.74, 6) is 0.846. The summed E-state index contributed by atoms with van der Waals surface area (Å²) in [6.07, 6.45) is 28.2. The van der Waals surface area contributed by atoms with E-state index in [1.54, 1.807) is 0 Å². The molecule has 0 fully saturated rings. The Kier molecular flexibility index (Phi) is 22.7. The molecule has 0 amide bonds. The summed E-state index contributed by atoms with van der Waals surface area (Å²) in [4.78, 5) is 2.00. The minimum absolute atomic E-state index is 0.423. The van der Waals surface area contributed by atoms with Gasteiger partial charge in [0.25, 0.3) is 0 Å². The van der Waals surface area contributed by atoms with Crippen LogP contribution in [0.3, 0.4) is 0 Å². The van der Waals surface area contributed by atoms with Crippen LogP contribution >= 0.6 is 0 Å². The minimum atomic E-state index is 0.423. The lowest BCUT2D eigenvalue weighted by atomic mass is 10.0. The molecule has 0 aromatic carbocycles. The van der Waals surface area contributed by atoms with E-state index in [0.717, 1.165) is 51.5 Å². The fourth-order valence-electron chi connectivity index (χ4n) is 3.88. The van der Waals surface area contributed by atoms with Gasteiger partial charge < -0.3 is 15.1 Å². The molecule has 0 unspecified atom stereocenters. The third-order valence-electron chi connectivity index (χ3n) is 5.97. The number of aliphatic hydroxyl groups is 2. The number of unbranched alkanes of at least 4 members (excludes halogenated alkanes) is 15. The highest BCUT2D eigenvalue weighted by Gasteiger charge is 2.03. The fraction of sp³-hybridized carbons (Fsp3) is 0.857. The van der Waals surface area contributed by atoms with Gasteiger partial charge in [-0.2, -0.15) is 0 Å². The topological polar surface area (TPSA) is 43.7 Å². The van der Waals surface area contributed by atoms with Gasteiger partial charge in [0, 0.05) is 31.8 Å². The zero-order chi connectivity index (χ0) is 23.0. The highest BCUT2D eigenvalue weighted by Crippen LogP contribution is 2.14. The van der Waals surface area contributed by atoms with Crippen LogP contribution in [0.4, 0.5) is 0 Å². The van der Waals surface area contributed by atoms with Crippen molar-refractivity contribution in [2.75, 3.05) is 6.54 Å². The van der Waals surface area contributed by atoms with Crippen LogP contribution in [0.15, 0.2) is 23.9 Å². The first-order chi connectivity index (χ1) is 15.1. The maximum atomic E-state index is 10.2. The quantitative estimate of drug-likeness (QED) is 0.123. The third-order valence-corrected chi connectivity index (χ3v) is 5.97. The highest BCUT2D eigenvalue weighted by molar-refractivity contribution is 4.99. The molecule has 0 bridgehead atoms. The van der Waals surface area contributed by atoms with Crippen LogP contribution in [0.2, 0.25) is 0 Å². The van der Waals surface area contributed by atoms with Crippen molar-refractivity contribution < 1.29 is 10.2 Å². The van der Waals surface area contributed by atoms with Crippen molar-refractivity contribution >= 4 is 0 Å². The molecule has 0 aliphatic heterocycles. The van der Waals surface area contributed by atoms with Gasteiger partial charge in [0.05, 0.1) is 0 Å². The molecule has 0 atom stereocenters. The van der Waals surface area contributed by atoms with Gasteiger partial charge in [-0.15, -0.1) is 0 Å². The number of allylic oxidation sites excluding steroid dienone is 2. The average molecular weight is 438 g/mol. The Morgan fingerprint density at radius 3 is 1.16 bits per heavy atom. The number of nitrogens with zero attached hydrogens (tertiary/aromatic N) is 1. The van der Waals surface area contributed by atoms with Crippen LogP contribution in [-0.2, 0) is 0 Å². The molecule has 31 heavy (non-hydrogen) atoms. The Morgan fingerprint density at radius 1 is 0.484 bits per heavy atom. The van der Waals surface area contributed by atoms with Crippen LogP contribution in [0.25, 0.3) is 0 Å². The Labute approximate surface area is 195 Å². The maximum absolute atomic E-state index is 10.2. The molecule has 0 rings (SSSR count). The highest BCUT2D eigenvalue weighted by atomic mass is 16.3. The smallest absolute Gasteiger partial charge is 0.108 e. The van der Waals surface area contributed by atoms with Gasteiger partial charge in [0.1, 0.15) is 11.5 Å². The summed E-state index contributed by atoms with van der Waals surface area (Å²) in [6.45, 7) is 7.42. The van der Waals surface area contributed by atoms with Crippen LogP contribution in [0, 0.1) is 0 Å². The Balaban J connectivity index is 3.93. The Bertz CT molecular complexity index is 407. The third kappa shape index (κ3) is 21.9. The molecule has 0 aromatic heterocycles. The van der Waals surface area contributed by atoms with Crippen LogP contribution < -0.4 is 0 Å². The summed E-state index contributed by atoms with van der Waals surface area (Å²) in [6, 6.07) is 0. The van der Waals surface area contributed by atoms with Gasteiger partial charge in [-0.1, -0.05) is 117 Å². The van der Waals surface area contributed by atoms with Gasteiger partial charge in [-0.25, -0.2) is 0 Å². The molecule has 0 aliphatic rings. The number of hydrogen-bond donors (Lipinski definition) is 2. The van der Waals surface area contributed by atoms with E-state index in [1.807, 2.05) is 17.3 Å². The maximum Gasteiger partial charge on any atom is 0.108 e. The lowest BCUT2D eigenvalue weighted by Crippen LogP contribution is -2.14. The van der Waals surface area contributed by atoms with Crippen molar-refractivity contribution in [3.8, 4) is 0 Å². The van der Waals surface area contributed by atoms with E-state index in [-0.39, 0.29) is 0 Å². The molecule has 0 radical (unpaired) electrons. The van der Waals surface area contributed by atoms with E-state index in [9.17, 15) is 10.2 Å². The molecule has 0 spiro atoms. The molecule has 3 nitrogen and oxygen atoms in total. The summed E-state index contributed by atoms with van der Waals surface area (Å²) < 4.78 is 0. The number of rotatable bonds is 23. The first kappa shape index (κ1) is 29.9. The van der Waals surface area contributed by atoms with Gasteiger partial charge in [-0.3, -0.25) is 0 Å². The van der Waals surface area contributed by atoms with Crippen molar-refractivity contribution in [1.82, 2.24) is 4.90 Å². The lowest BCUT2D eigenvalue weighted by Gasteiger charge is -2.17. The first-order valence-corrected chi connectivity index (χ1v) is 13.7. The van der Waals surface area contributed by atoms with Crippen molar-refractivity contribution in [3.63, 3.8) is 0 Å². The normalized spacial score (nSPS) is 12.5. The lowest BCUT2D eigenvalue weighted by molar-refractivity contribution is 0.336. The van der Waals surface area contributed by atoms with Crippen molar-refractivity contribution in [1.29, 1.82) is 0 Å². The zero-order valence-electron chi connectivity index (χ0n) is 21.3. The summed E-state index contributed by atoms with van der Waals surface area (Å²) in [7, 11) is 0. The van der Waals surface area contributed by atoms with Crippen LogP contribution in [0.5, 0.6) is 0 Å². The summed E-state index contributed by atoms with van der Waals surface area (Å²) in [5, 5.41) is 20.3. The Hall–Kier alpha value is -1.12. The van der Waals surface area contributed by atoms with E-state index >= 15 is 0 Å². The minimum Gasteiger partial charge on any atom is -0.511 e. The second-order valence-corrected chi connectivity index (χ2v) is 9.28. The van der Waals surface area contributed by atoms with Crippen LogP contribution in [0.1, 0.15) is 149 Å². The van der Waals surface area contributed by atoms with Crippen molar-refractivity contribution in [2.45, 2.75) is 149 Å². The molecule has 0 aliphatic carbocycles. The molecule has 3 heteroatoms. The Morgan fingerprint density at radius 2 is 0.806 bits per heavy atom. The molecular formula is C28H55NO2. The summed E-state index contributed by atoms with van der Waals surface area (Å²) >= 11 is 0. The van der Waals surface area contributed by atoms with E-state index < -0.39 is 0 Å². The second-order valence-electron chi connectivity index (χ2n) is 9.28. The van der Waals surface area contributed by atoms with Gasteiger partial charge in [0.2, 0.25) is 0 Å². The molecule has 184 valence electrons. The summed E-state index contributed by atoms with van der Waals surface area (Å²) in [5.41, 5.74) is 0. The molecule has 0 saturated carbocycles. The SMILES string of the molecule is CCCCCCCCCCCCCCCCN(C=C(O)CCCC)C=C(O)CCCC. The van der Waals surface area contributed by atoms with E-state index in [0.29, 0.717) is 11.5 Å². The van der Waals surface area contributed by atoms with E-state index in [4.69, 9.17) is 0 Å². The predicted octanol–water partition coefficient (Wildman–Crippen LogP) is 9.95. The molecule has 0 heterocycles. The van der Waals surface area contributed by atoms with Crippen LogP contribution in [-0.4, -0.2) is 21.7 Å². The van der Waals surface area contributed by atoms with E-state index in [1.165, 1.54) is 83.5 Å². The van der Waals surface area contributed by atoms with Gasteiger partial charge in [-0.05, 0) is 19.3 Å². The fourth-order valence-corrected chi connectivity index (χ4v) is 3.88. The number of hydrogen-bond acceptors (Lipinski definition) is 3. The zero-order valence-corrected chi connectivity index (χ0v) is 21.3. The monoisotopic (exact) mass is 437 g/mol. The first-order valence-electron chi connectivity index (χ1n) is 13.7. The predicted molar refractivity (Wildman–Crippen MR) is 137 cm³/mol. The van der Waals surface area contributed by atoms with Gasteiger partial charge in [0.15, 0.2) is 0 Å². The molecule has 0 aromatic rings. The molecule has 0 saturated heterocycles. The van der Waals surface area contributed by atoms with Crippen molar-refractivity contribution in [2.24, 2.45) is 0 Å². The standard InChI is InChI=1S/C28H55NO2/c1-4-7-10-11-12-13-14-15-16-17-18-19-20-21-24-29(25-27(30)22-8-5-2)26-28(31)23-9-6-3/h25-26,30-31H,4-24H2,1-3H3. The molecule has 2 N–H and O–H groups in total. The molecular weight excluding hydrogens is 382 g/mol. The largest absolute Gasteiger partial charge is 0.511 e. The van der Waals surface area contributed by atoms with Crippen molar-refractivity contribution in [3.05, 3.63) is 23.9 Å². The number of aliphatic hydroxyl groups excluding tert-OH is 2. The van der Waals surface area contributed by atoms with E-state index in [2.05, 4.69) is 20.8 Å². The van der Waals surface area contributed by atoms with Gasteiger partial charge >= 0.3 is 0 Å². The average Bonchev–Trinajstić information content (AvgIpc) is 2.76.